The Labute approximate surface area is 83.9 Å². The summed E-state index contributed by atoms with van der Waals surface area (Å²) < 4.78 is 0. The maximum absolute atomic E-state index is 9.78. The lowest BCUT2D eigenvalue weighted by Gasteiger charge is -1.71. The van der Waals surface area contributed by atoms with Crippen LogP contribution in [0.5, 0.6) is 0 Å². The molecule has 4 heteroatoms. The number of carbonyl (C=O) groups is 2. The van der Waals surface area contributed by atoms with Crippen LogP contribution in [0, 0.1) is 0 Å². The highest BCUT2D eigenvalue weighted by Crippen LogP contribution is 1.88. The highest BCUT2D eigenvalue weighted by Gasteiger charge is 1.77. The largest absolute Gasteiger partial charge is 0.288 e. The van der Waals surface area contributed by atoms with Crippen molar-refractivity contribution in [1.29, 1.82) is 0 Å². The minimum Gasteiger partial charge on any atom is -0.288 e. The van der Waals surface area contributed by atoms with Crippen LogP contribution in [0.3, 0.4) is 0 Å². The standard InChI is InChI=1S/2C3H6OS.C2H6/c2*1-3(4)5-2;1-2/h2*1-2H3;1-2H3. The second kappa shape index (κ2) is 17.2. The van der Waals surface area contributed by atoms with Crippen LogP contribution < -0.4 is 0 Å². The lowest BCUT2D eigenvalue weighted by Crippen LogP contribution is -1.72. The quantitative estimate of drug-likeness (QED) is 0.616. The summed E-state index contributed by atoms with van der Waals surface area (Å²) in [5.74, 6) is 0. The fourth-order valence-corrected chi connectivity index (χ4v) is 0. The maximum atomic E-state index is 9.78. The van der Waals surface area contributed by atoms with E-state index >= 15 is 0 Å². The molecule has 0 saturated carbocycles. The molecule has 0 amide bonds. The normalized spacial score (nSPS) is 6.83. The second-order valence-corrected chi connectivity index (χ2v) is 3.36. The van der Waals surface area contributed by atoms with Gasteiger partial charge in [-0.3, -0.25) is 9.59 Å². The Morgan fingerprint density at radius 1 is 0.833 bits per heavy atom. The van der Waals surface area contributed by atoms with Crippen LogP contribution in [0.2, 0.25) is 0 Å². The van der Waals surface area contributed by atoms with Gasteiger partial charge in [0.25, 0.3) is 0 Å². The maximum Gasteiger partial charge on any atom is 0.185 e. The summed E-state index contributed by atoms with van der Waals surface area (Å²) in [4.78, 5) is 19.6. The van der Waals surface area contributed by atoms with E-state index in [9.17, 15) is 9.59 Å². The Balaban J connectivity index is -0.000000112. The van der Waals surface area contributed by atoms with Crippen molar-refractivity contribution in [2.75, 3.05) is 12.5 Å². The van der Waals surface area contributed by atoms with Crippen LogP contribution in [0.1, 0.15) is 27.7 Å². The number of hydrogen-bond donors (Lipinski definition) is 0. The highest BCUT2D eigenvalue weighted by atomic mass is 32.2. The average molecular weight is 210 g/mol. The Hall–Kier alpha value is 0.0400. The van der Waals surface area contributed by atoms with E-state index in [1.807, 2.05) is 13.8 Å². The van der Waals surface area contributed by atoms with Gasteiger partial charge in [-0.15, -0.1) is 0 Å². The first-order valence-corrected chi connectivity index (χ1v) is 6.08. The summed E-state index contributed by atoms with van der Waals surface area (Å²) in [6.07, 6.45) is 3.53. The molecule has 0 aromatic rings. The predicted octanol–water partition coefficient (Wildman–Crippen LogP) is 2.82. The first kappa shape index (κ1) is 18.0. The Bertz CT molecular complexity index is 99.6. The van der Waals surface area contributed by atoms with Gasteiger partial charge in [-0.05, 0) is 12.5 Å². The monoisotopic (exact) mass is 210 g/mol. The summed E-state index contributed by atoms with van der Waals surface area (Å²) in [5.41, 5.74) is 0. The van der Waals surface area contributed by atoms with Gasteiger partial charge in [0.1, 0.15) is 0 Å². The third-order valence-corrected chi connectivity index (χ3v) is 1.72. The number of rotatable bonds is 0. The van der Waals surface area contributed by atoms with Crippen molar-refractivity contribution in [3.8, 4) is 0 Å². The fraction of sp³-hybridized carbons (Fsp3) is 0.750. The van der Waals surface area contributed by atoms with Gasteiger partial charge >= 0.3 is 0 Å². The zero-order valence-corrected chi connectivity index (χ0v) is 10.3. The molecule has 0 N–H and O–H groups in total. The Morgan fingerprint density at radius 3 is 0.917 bits per heavy atom. The molecule has 0 aromatic carbocycles. The van der Waals surface area contributed by atoms with Gasteiger partial charge in [-0.25, -0.2) is 0 Å². The van der Waals surface area contributed by atoms with Gasteiger partial charge in [0.15, 0.2) is 10.2 Å². The molecule has 0 aliphatic rings. The highest BCUT2D eigenvalue weighted by molar-refractivity contribution is 8.13. The van der Waals surface area contributed by atoms with Crippen LogP contribution in [-0.4, -0.2) is 22.7 Å². The van der Waals surface area contributed by atoms with E-state index in [2.05, 4.69) is 0 Å². The van der Waals surface area contributed by atoms with Crippen molar-refractivity contribution >= 4 is 33.8 Å². The van der Waals surface area contributed by atoms with Crippen LogP contribution in [0.4, 0.5) is 0 Å². The van der Waals surface area contributed by atoms with Crippen LogP contribution in [0.25, 0.3) is 0 Å². The molecule has 12 heavy (non-hydrogen) atoms. The molecule has 74 valence electrons. The minimum atomic E-state index is 0.171. The average Bonchev–Trinajstić information content (AvgIpc) is 2.09. The number of thioether (sulfide) groups is 2. The van der Waals surface area contributed by atoms with Crippen LogP contribution >= 0.6 is 23.5 Å². The zero-order chi connectivity index (χ0) is 10.6. The molecule has 0 heterocycles. The van der Waals surface area contributed by atoms with Crippen molar-refractivity contribution in [3.05, 3.63) is 0 Å². The van der Waals surface area contributed by atoms with Crippen molar-refractivity contribution < 1.29 is 9.59 Å². The lowest BCUT2D eigenvalue weighted by atomic mass is 10.9. The second-order valence-electron chi connectivity index (χ2n) is 1.39. The third kappa shape index (κ3) is 50.3. The summed E-state index contributed by atoms with van der Waals surface area (Å²) in [7, 11) is 0. The fourth-order valence-electron chi connectivity index (χ4n) is 0. The van der Waals surface area contributed by atoms with E-state index in [4.69, 9.17) is 0 Å². The predicted molar refractivity (Wildman–Crippen MR) is 59.7 cm³/mol. The molecule has 0 unspecified atom stereocenters. The molecule has 2 nitrogen and oxygen atoms in total. The van der Waals surface area contributed by atoms with Crippen LogP contribution in [0.15, 0.2) is 0 Å². The molecule has 0 aliphatic carbocycles. The minimum absolute atomic E-state index is 0.171. The van der Waals surface area contributed by atoms with Crippen molar-refractivity contribution in [2.45, 2.75) is 27.7 Å². The molecular weight excluding hydrogens is 192 g/mol. The van der Waals surface area contributed by atoms with Crippen molar-refractivity contribution in [1.82, 2.24) is 0 Å². The van der Waals surface area contributed by atoms with Crippen molar-refractivity contribution in [3.63, 3.8) is 0 Å². The summed E-state index contributed by atoms with van der Waals surface area (Å²) >= 11 is 2.48. The van der Waals surface area contributed by atoms with E-state index in [0.29, 0.717) is 0 Å². The van der Waals surface area contributed by atoms with Gasteiger partial charge < -0.3 is 0 Å². The smallest absolute Gasteiger partial charge is 0.185 e. The van der Waals surface area contributed by atoms with Crippen molar-refractivity contribution in [2.24, 2.45) is 0 Å². The molecule has 0 rings (SSSR count). The lowest BCUT2D eigenvalue weighted by molar-refractivity contribution is -0.109. The van der Waals surface area contributed by atoms with Crippen LogP contribution in [-0.2, 0) is 9.59 Å². The Kier molecular flexibility index (Phi) is 25.8. The summed E-state index contributed by atoms with van der Waals surface area (Å²) in [6, 6.07) is 0. The molecule has 0 aliphatic heterocycles. The topological polar surface area (TPSA) is 34.1 Å². The first-order valence-electron chi connectivity index (χ1n) is 3.63. The zero-order valence-electron chi connectivity index (χ0n) is 8.63. The summed E-state index contributed by atoms with van der Waals surface area (Å²) in [6.45, 7) is 7.09. The molecule has 0 aromatic heterocycles. The first-order chi connectivity index (χ1) is 5.54. The SMILES string of the molecule is CC.CSC(C)=O.CSC(C)=O. The van der Waals surface area contributed by atoms with E-state index in [-0.39, 0.29) is 10.2 Å². The molecule has 0 radical (unpaired) electrons. The molecule has 0 saturated heterocycles. The number of carbonyl (C=O) groups excluding carboxylic acids is 2. The van der Waals surface area contributed by atoms with Gasteiger partial charge in [0.05, 0.1) is 0 Å². The molecule has 0 spiro atoms. The Morgan fingerprint density at radius 2 is 0.917 bits per heavy atom. The van der Waals surface area contributed by atoms with Gasteiger partial charge in [-0.2, -0.15) is 0 Å². The molecule has 0 fully saturated rings. The third-order valence-electron chi connectivity index (χ3n) is 0.575. The summed E-state index contributed by atoms with van der Waals surface area (Å²) in [5, 5.41) is 0.343. The van der Waals surface area contributed by atoms with Gasteiger partial charge in [-0.1, -0.05) is 37.4 Å². The molecule has 0 atom stereocenters. The van der Waals surface area contributed by atoms with Gasteiger partial charge in [0, 0.05) is 13.8 Å². The van der Waals surface area contributed by atoms with E-state index in [0.717, 1.165) is 0 Å². The number of hydrogen-bond acceptors (Lipinski definition) is 4. The molecular formula is C8H18O2S2. The van der Waals surface area contributed by atoms with Gasteiger partial charge in [0.2, 0.25) is 0 Å². The van der Waals surface area contributed by atoms with E-state index in [1.54, 1.807) is 26.4 Å². The van der Waals surface area contributed by atoms with E-state index < -0.39 is 0 Å². The van der Waals surface area contributed by atoms with E-state index in [1.165, 1.54) is 23.5 Å². The molecule has 0 bridgehead atoms.